The monoisotopic (exact) mass is 257 g/mol. The lowest BCUT2D eigenvalue weighted by Gasteiger charge is -2.37. The molecule has 0 saturated heterocycles. The van der Waals surface area contributed by atoms with E-state index >= 15 is 0 Å². The van der Waals surface area contributed by atoms with Crippen LogP contribution in [0.25, 0.3) is 0 Å². The number of benzene rings is 1. The molecule has 1 amide bonds. The molecule has 0 fully saturated rings. The van der Waals surface area contributed by atoms with E-state index in [0.29, 0.717) is 17.6 Å². The Labute approximate surface area is 111 Å². The molecule has 1 aromatic carbocycles. The maximum Gasteiger partial charge on any atom is 0.271 e. The van der Waals surface area contributed by atoms with Crippen LogP contribution in [0.1, 0.15) is 18.9 Å². The number of likely N-dealkylation sites (N-methyl/N-ethyl adjacent to an activating group) is 1. The van der Waals surface area contributed by atoms with Crippen molar-refractivity contribution in [2.24, 2.45) is 0 Å². The Bertz CT molecular complexity index is 569. The highest BCUT2D eigenvalue weighted by atomic mass is 16.3. The van der Waals surface area contributed by atoms with Crippen molar-refractivity contribution >= 4 is 11.6 Å². The molecule has 1 N–H and O–H groups in total. The summed E-state index contributed by atoms with van der Waals surface area (Å²) in [6.07, 6.45) is 0.510. The molecule has 0 aromatic heterocycles. The maximum atomic E-state index is 12.1. The molecule has 98 valence electrons. The zero-order valence-electron chi connectivity index (χ0n) is 10.9. The molecule has 0 spiro atoms. The van der Waals surface area contributed by atoms with E-state index in [1.165, 1.54) is 5.01 Å². The largest absolute Gasteiger partial charge is 0.510 e. The van der Waals surface area contributed by atoms with E-state index in [1.807, 2.05) is 13.0 Å². The van der Waals surface area contributed by atoms with Gasteiger partial charge >= 0.3 is 0 Å². The molecule has 1 aliphatic heterocycles. The van der Waals surface area contributed by atoms with Crippen LogP contribution in [-0.2, 0) is 4.79 Å². The number of anilines is 1. The Morgan fingerprint density at radius 2 is 2.00 bits per heavy atom. The van der Waals surface area contributed by atoms with Gasteiger partial charge in [0.2, 0.25) is 0 Å². The molecule has 0 unspecified atom stereocenters. The normalized spacial score (nSPS) is 15.7. The van der Waals surface area contributed by atoms with Crippen LogP contribution in [0.5, 0.6) is 0 Å². The number of carbonyl (C=O) groups is 1. The Morgan fingerprint density at radius 1 is 1.37 bits per heavy atom. The summed E-state index contributed by atoms with van der Waals surface area (Å²) in [5.41, 5.74) is 1.77. The molecule has 0 atom stereocenters. The molecule has 1 aliphatic rings. The third-order valence-electron chi connectivity index (χ3n) is 3.21. The molecular formula is C14H15N3O2. The van der Waals surface area contributed by atoms with Crippen molar-refractivity contribution in [2.75, 3.05) is 18.6 Å². The van der Waals surface area contributed by atoms with Crippen LogP contribution >= 0.6 is 0 Å². The van der Waals surface area contributed by atoms with Gasteiger partial charge in [0.1, 0.15) is 5.76 Å². The van der Waals surface area contributed by atoms with Crippen molar-refractivity contribution in [3.63, 3.8) is 0 Å². The lowest BCUT2D eigenvalue weighted by molar-refractivity contribution is -0.127. The first-order valence-corrected chi connectivity index (χ1v) is 6.05. The van der Waals surface area contributed by atoms with Gasteiger partial charge in [-0.05, 0) is 30.7 Å². The van der Waals surface area contributed by atoms with Gasteiger partial charge in [-0.25, -0.2) is 0 Å². The SMILES string of the molecule is CCC1=C(O)CN(c2ccc(C#N)cc2)N(C)C1=O. The minimum Gasteiger partial charge on any atom is -0.510 e. The summed E-state index contributed by atoms with van der Waals surface area (Å²) < 4.78 is 0. The fourth-order valence-electron chi connectivity index (χ4n) is 2.10. The van der Waals surface area contributed by atoms with Crippen molar-refractivity contribution in [3.05, 3.63) is 41.2 Å². The Kier molecular flexibility index (Phi) is 3.43. The van der Waals surface area contributed by atoms with Crippen molar-refractivity contribution in [1.82, 2.24) is 5.01 Å². The summed E-state index contributed by atoms with van der Waals surface area (Å²) in [6, 6.07) is 8.93. The number of amides is 1. The number of nitriles is 1. The van der Waals surface area contributed by atoms with Crippen LogP contribution in [0.4, 0.5) is 5.69 Å². The van der Waals surface area contributed by atoms with Crippen molar-refractivity contribution in [1.29, 1.82) is 5.26 Å². The van der Waals surface area contributed by atoms with Crippen molar-refractivity contribution in [3.8, 4) is 6.07 Å². The Morgan fingerprint density at radius 3 is 2.53 bits per heavy atom. The fraction of sp³-hybridized carbons (Fsp3) is 0.286. The summed E-state index contributed by atoms with van der Waals surface area (Å²) in [5.74, 6) is -0.0921. The molecule has 2 rings (SSSR count). The zero-order chi connectivity index (χ0) is 14.0. The van der Waals surface area contributed by atoms with E-state index in [0.717, 1.165) is 5.69 Å². The molecule has 1 aromatic rings. The number of rotatable bonds is 2. The van der Waals surface area contributed by atoms with Gasteiger partial charge in [-0.3, -0.25) is 14.8 Å². The highest BCUT2D eigenvalue weighted by Crippen LogP contribution is 2.24. The van der Waals surface area contributed by atoms with E-state index in [9.17, 15) is 9.90 Å². The van der Waals surface area contributed by atoms with Crippen molar-refractivity contribution < 1.29 is 9.90 Å². The van der Waals surface area contributed by atoms with Gasteiger partial charge in [0.05, 0.1) is 29.4 Å². The van der Waals surface area contributed by atoms with E-state index in [1.54, 1.807) is 36.3 Å². The summed E-state index contributed by atoms with van der Waals surface area (Å²) >= 11 is 0. The lowest BCUT2D eigenvalue weighted by Crippen LogP contribution is -2.49. The van der Waals surface area contributed by atoms with E-state index < -0.39 is 0 Å². The van der Waals surface area contributed by atoms with E-state index in [2.05, 4.69) is 0 Å². The minimum atomic E-state index is -0.199. The van der Waals surface area contributed by atoms with Crippen LogP contribution in [0.2, 0.25) is 0 Å². The highest BCUT2D eigenvalue weighted by molar-refractivity contribution is 5.96. The van der Waals surface area contributed by atoms with E-state index in [-0.39, 0.29) is 18.2 Å². The highest BCUT2D eigenvalue weighted by Gasteiger charge is 2.29. The minimum absolute atomic E-state index is 0.106. The van der Waals surface area contributed by atoms with Gasteiger partial charge < -0.3 is 5.11 Å². The number of carbonyl (C=O) groups excluding carboxylic acids is 1. The molecule has 0 radical (unpaired) electrons. The summed E-state index contributed by atoms with van der Waals surface area (Å²) in [4.78, 5) is 12.1. The summed E-state index contributed by atoms with van der Waals surface area (Å²) in [7, 11) is 1.67. The van der Waals surface area contributed by atoms with Crippen LogP contribution in [0.3, 0.4) is 0 Å². The van der Waals surface area contributed by atoms with Gasteiger partial charge in [-0.2, -0.15) is 5.26 Å². The standard InChI is InChI=1S/C14H15N3O2/c1-3-12-13(18)9-17(16(2)14(12)19)11-6-4-10(8-15)5-7-11/h4-7,18H,3,9H2,1-2H3. The number of hydrazine groups is 1. The second kappa shape index (κ2) is 5.02. The van der Waals surface area contributed by atoms with Gasteiger partial charge in [0.25, 0.3) is 5.91 Å². The first-order chi connectivity index (χ1) is 9.08. The number of hydrogen-bond acceptors (Lipinski definition) is 4. The topological polar surface area (TPSA) is 67.6 Å². The smallest absolute Gasteiger partial charge is 0.271 e. The van der Waals surface area contributed by atoms with Crippen molar-refractivity contribution in [2.45, 2.75) is 13.3 Å². The lowest BCUT2D eigenvalue weighted by atomic mass is 10.1. The Hall–Kier alpha value is -2.48. The Balaban J connectivity index is 2.34. The van der Waals surface area contributed by atoms with E-state index in [4.69, 9.17) is 5.26 Å². The van der Waals surface area contributed by atoms with Crippen LogP contribution in [0, 0.1) is 11.3 Å². The predicted molar refractivity (Wildman–Crippen MR) is 71.2 cm³/mol. The van der Waals surface area contributed by atoms with Crippen LogP contribution in [0.15, 0.2) is 35.6 Å². The third-order valence-corrected chi connectivity index (χ3v) is 3.21. The molecule has 0 aliphatic carbocycles. The second-order valence-corrected chi connectivity index (χ2v) is 4.32. The molecular weight excluding hydrogens is 242 g/mol. The number of nitrogens with zero attached hydrogens (tertiary/aromatic N) is 3. The predicted octanol–water partition coefficient (Wildman–Crippen LogP) is 1.97. The molecule has 5 heteroatoms. The average Bonchev–Trinajstić information content (AvgIpc) is 2.43. The number of hydrogen-bond donors (Lipinski definition) is 1. The van der Waals surface area contributed by atoms with Gasteiger partial charge in [0.15, 0.2) is 0 Å². The molecule has 19 heavy (non-hydrogen) atoms. The zero-order valence-corrected chi connectivity index (χ0v) is 10.9. The molecule has 0 bridgehead atoms. The number of aliphatic hydroxyl groups is 1. The van der Waals surface area contributed by atoms with Crippen LogP contribution in [-0.4, -0.2) is 29.6 Å². The quantitative estimate of drug-likeness (QED) is 0.879. The molecule has 5 nitrogen and oxygen atoms in total. The fourth-order valence-corrected chi connectivity index (χ4v) is 2.10. The molecule has 0 saturated carbocycles. The maximum absolute atomic E-state index is 12.1. The first kappa shape index (κ1) is 13.0. The second-order valence-electron chi connectivity index (χ2n) is 4.32. The first-order valence-electron chi connectivity index (χ1n) is 6.05. The molecule has 1 heterocycles. The van der Waals surface area contributed by atoms with Gasteiger partial charge in [0, 0.05) is 7.05 Å². The summed E-state index contributed by atoms with van der Waals surface area (Å²) in [5, 5.41) is 21.9. The van der Waals surface area contributed by atoms with Gasteiger partial charge in [-0.1, -0.05) is 6.92 Å². The average molecular weight is 257 g/mol. The van der Waals surface area contributed by atoms with Crippen LogP contribution < -0.4 is 5.01 Å². The number of aliphatic hydroxyl groups excluding tert-OH is 1. The third kappa shape index (κ3) is 2.25. The van der Waals surface area contributed by atoms with Gasteiger partial charge in [-0.15, -0.1) is 0 Å². The summed E-state index contributed by atoms with van der Waals surface area (Å²) in [6.45, 7) is 2.10.